The van der Waals surface area contributed by atoms with E-state index in [0.717, 1.165) is 41.8 Å². The predicted octanol–water partition coefficient (Wildman–Crippen LogP) is 4.51. The Kier molecular flexibility index (Phi) is 11.1. The lowest BCUT2D eigenvalue weighted by Crippen LogP contribution is -2.34. The maximum absolute atomic E-state index is 13.7. The Balaban J connectivity index is 0.00000420. The monoisotopic (exact) mass is 596 g/mol. The van der Waals surface area contributed by atoms with Crippen LogP contribution in [0.5, 0.6) is 5.75 Å². The molecule has 0 saturated carbocycles. The van der Waals surface area contributed by atoms with Crippen molar-refractivity contribution < 1.29 is 22.7 Å². The molecule has 1 amide bonds. The molecule has 0 bridgehead atoms. The zero-order valence-corrected chi connectivity index (χ0v) is 25.3. The Hall–Kier alpha value is -2.28. The Morgan fingerprint density at radius 2 is 1.87 bits per heavy atom. The molecule has 1 aliphatic heterocycles. The number of benzene rings is 2. The summed E-state index contributed by atoms with van der Waals surface area (Å²) in [5.41, 5.74) is 1.21. The van der Waals surface area contributed by atoms with Crippen LogP contribution in [0.15, 0.2) is 47.4 Å². The number of anilines is 1. The van der Waals surface area contributed by atoms with Gasteiger partial charge in [-0.05, 0) is 89.3 Å². The maximum Gasteiger partial charge on any atom is 0.260 e. The van der Waals surface area contributed by atoms with Crippen LogP contribution in [0.3, 0.4) is 0 Å². The van der Waals surface area contributed by atoms with Gasteiger partial charge in [0.2, 0.25) is 10.0 Å². The molecule has 0 radical (unpaired) electrons. The molecule has 1 atom stereocenters. The number of aromatic nitrogens is 1. The van der Waals surface area contributed by atoms with E-state index in [1.54, 1.807) is 24.1 Å². The van der Waals surface area contributed by atoms with Gasteiger partial charge in [-0.25, -0.2) is 13.4 Å². The van der Waals surface area contributed by atoms with E-state index in [2.05, 4.69) is 4.90 Å². The van der Waals surface area contributed by atoms with Crippen molar-refractivity contribution in [2.75, 3.05) is 58.9 Å². The zero-order chi connectivity index (χ0) is 27.3. The van der Waals surface area contributed by atoms with E-state index in [0.29, 0.717) is 37.0 Å². The van der Waals surface area contributed by atoms with E-state index in [1.807, 2.05) is 39.2 Å². The lowest BCUT2D eigenvalue weighted by atomic mass is 10.2. The maximum atomic E-state index is 13.7. The van der Waals surface area contributed by atoms with Crippen molar-refractivity contribution in [3.05, 3.63) is 48.0 Å². The van der Waals surface area contributed by atoms with Gasteiger partial charge in [0.15, 0.2) is 5.13 Å². The number of amides is 1. The molecule has 0 spiro atoms. The first-order valence-corrected chi connectivity index (χ1v) is 15.1. The van der Waals surface area contributed by atoms with Crippen LogP contribution >= 0.6 is 23.7 Å². The highest BCUT2D eigenvalue weighted by Crippen LogP contribution is 2.32. The fourth-order valence-electron chi connectivity index (χ4n) is 4.37. The molecule has 12 heteroatoms. The molecular formula is C27H37ClN4O5S2. The molecule has 9 nitrogen and oxygen atoms in total. The molecule has 4 rings (SSSR count). The Morgan fingerprint density at radius 1 is 1.13 bits per heavy atom. The second-order valence-corrected chi connectivity index (χ2v) is 12.7. The summed E-state index contributed by atoms with van der Waals surface area (Å²) < 4.78 is 39.6. The Bertz CT molecular complexity index is 1340. The van der Waals surface area contributed by atoms with Gasteiger partial charge < -0.3 is 14.4 Å². The number of halogens is 1. The molecule has 1 saturated heterocycles. The average Bonchev–Trinajstić information content (AvgIpc) is 3.56. The molecule has 2 aromatic carbocycles. The molecule has 2 heterocycles. The summed E-state index contributed by atoms with van der Waals surface area (Å²) in [5, 5.41) is 0.602. The van der Waals surface area contributed by atoms with Crippen molar-refractivity contribution in [3.63, 3.8) is 0 Å². The number of sulfonamides is 1. The number of nitrogens with zero attached hydrogens (tertiary/aromatic N) is 4. The largest absolute Gasteiger partial charge is 0.494 e. The summed E-state index contributed by atoms with van der Waals surface area (Å²) in [6, 6.07) is 11.9. The lowest BCUT2D eigenvalue weighted by Gasteiger charge is -2.22. The second-order valence-electron chi connectivity index (χ2n) is 9.62. The van der Waals surface area contributed by atoms with Crippen molar-refractivity contribution in [2.45, 2.75) is 37.2 Å². The van der Waals surface area contributed by atoms with E-state index < -0.39 is 10.0 Å². The minimum atomic E-state index is -3.69. The van der Waals surface area contributed by atoms with Crippen molar-refractivity contribution in [1.29, 1.82) is 0 Å². The number of carbonyl (C=O) groups is 1. The van der Waals surface area contributed by atoms with Crippen LogP contribution in [0, 0.1) is 0 Å². The van der Waals surface area contributed by atoms with Crippen LogP contribution in [-0.2, 0) is 14.8 Å². The van der Waals surface area contributed by atoms with Gasteiger partial charge >= 0.3 is 0 Å². The summed E-state index contributed by atoms with van der Waals surface area (Å²) in [6.07, 6.45) is 2.49. The molecule has 3 aromatic rings. The number of hydrogen-bond donors (Lipinski definition) is 0. The zero-order valence-electron chi connectivity index (χ0n) is 22.8. The molecule has 214 valence electrons. The summed E-state index contributed by atoms with van der Waals surface area (Å²) in [5.74, 6) is 0.548. The number of carbonyl (C=O) groups excluding carboxylic acids is 1. The number of thiazole rings is 1. The first kappa shape index (κ1) is 31.3. The van der Waals surface area contributed by atoms with E-state index in [9.17, 15) is 13.2 Å². The van der Waals surface area contributed by atoms with Gasteiger partial charge in [0.05, 0.1) is 27.8 Å². The third kappa shape index (κ3) is 7.68. The molecule has 1 unspecified atom stereocenters. The van der Waals surface area contributed by atoms with Gasteiger partial charge in [-0.3, -0.25) is 9.69 Å². The van der Waals surface area contributed by atoms with Crippen LogP contribution in [0.2, 0.25) is 0 Å². The smallest absolute Gasteiger partial charge is 0.260 e. The van der Waals surface area contributed by atoms with Crippen molar-refractivity contribution >= 4 is 55.0 Å². The fraction of sp³-hybridized carbons (Fsp3) is 0.481. The quantitative estimate of drug-likeness (QED) is 0.304. The number of rotatable bonds is 12. The molecule has 0 N–H and O–H groups in total. The van der Waals surface area contributed by atoms with Gasteiger partial charge in [0.1, 0.15) is 5.75 Å². The van der Waals surface area contributed by atoms with Gasteiger partial charge in [-0.1, -0.05) is 11.3 Å². The van der Waals surface area contributed by atoms with Crippen LogP contribution < -0.4 is 9.64 Å². The first-order chi connectivity index (χ1) is 18.2. The highest BCUT2D eigenvalue weighted by atomic mass is 35.5. The molecular weight excluding hydrogens is 560 g/mol. The van der Waals surface area contributed by atoms with E-state index in [-0.39, 0.29) is 29.3 Å². The summed E-state index contributed by atoms with van der Waals surface area (Å²) in [6.45, 7) is 4.79. The van der Waals surface area contributed by atoms with Crippen molar-refractivity contribution in [2.24, 2.45) is 0 Å². The van der Waals surface area contributed by atoms with E-state index in [1.165, 1.54) is 27.8 Å². The van der Waals surface area contributed by atoms with Crippen molar-refractivity contribution in [1.82, 2.24) is 14.2 Å². The summed E-state index contributed by atoms with van der Waals surface area (Å²) >= 11 is 1.44. The van der Waals surface area contributed by atoms with Crippen LogP contribution in [0.1, 0.15) is 36.5 Å². The minimum absolute atomic E-state index is 0. The molecule has 39 heavy (non-hydrogen) atoms. The van der Waals surface area contributed by atoms with Crippen LogP contribution in [0.4, 0.5) is 5.13 Å². The number of likely N-dealkylation sites (N-methyl/N-ethyl adjacent to an activating group) is 1. The fourth-order valence-corrected chi connectivity index (χ4v) is 6.59. The third-order valence-electron chi connectivity index (χ3n) is 6.42. The number of hydrogen-bond acceptors (Lipinski definition) is 8. The Labute approximate surface area is 241 Å². The topological polar surface area (TPSA) is 92.3 Å². The van der Waals surface area contributed by atoms with Gasteiger partial charge in [0, 0.05) is 32.3 Å². The predicted molar refractivity (Wildman–Crippen MR) is 158 cm³/mol. The van der Waals surface area contributed by atoms with Crippen LogP contribution in [-0.4, -0.2) is 88.6 Å². The number of ether oxygens (including phenoxy) is 2. The molecule has 1 aromatic heterocycles. The lowest BCUT2D eigenvalue weighted by molar-refractivity contribution is 0.0978. The van der Waals surface area contributed by atoms with Crippen molar-refractivity contribution in [3.8, 4) is 5.75 Å². The highest BCUT2D eigenvalue weighted by molar-refractivity contribution is 7.89. The van der Waals surface area contributed by atoms with Gasteiger partial charge in [-0.2, -0.15) is 4.31 Å². The molecule has 1 fully saturated rings. The second kappa shape index (κ2) is 13.9. The molecule has 1 aliphatic rings. The van der Waals surface area contributed by atoms with E-state index >= 15 is 0 Å². The van der Waals surface area contributed by atoms with Gasteiger partial charge in [0.25, 0.3) is 5.91 Å². The average molecular weight is 597 g/mol. The third-order valence-corrected chi connectivity index (χ3v) is 9.30. The summed E-state index contributed by atoms with van der Waals surface area (Å²) in [7, 11) is 1.86. The normalized spacial score (nSPS) is 15.6. The molecule has 0 aliphatic carbocycles. The number of fused-ring (bicyclic) bond motifs is 1. The first-order valence-electron chi connectivity index (χ1n) is 12.9. The summed E-state index contributed by atoms with van der Waals surface area (Å²) in [4.78, 5) is 22.3. The van der Waals surface area contributed by atoms with E-state index in [4.69, 9.17) is 14.5 Å². The minimum Gasteiger partial charge on any atom is -0.494 e. The van der Waals surface area contributed by atoms with Gasteiger partial charge in [-0.15, -0.1) is 12.4 Å². The Morgan fingerprint density at radius 3 is 2.51 bits per heavy atom. The SMILES string of the molecule is CCOc1ccc2nc(N(CCCN(C)C)C(=O)c3ccc(S(=O)(=O)N(C)CC4CCCO4)cc3)sc2c1.Cl. The van der Waals surface area contributed by atoms with Crippen LogP contribution in [0.25, 0.3) is 10.2 Å². The highest BCUT2D eigenvalue weighted by Gasteiger charge is 2.27. The standard InChI is InChI=1S/C27H36N4O5S2.ClH/c1-5-35-21-11-14-24-25(18-21)37-27(28-24)31(16-7-15-29(2)3)26(32)20-9-12-23(13-10-20)38(33,34)30(4)19-22-8-6-17-36-22;/h9-14,18,22H,5-8,15-17,19H2,1-4H3;1H.